The van der Waals surface area contributed by atoms with E-state index in [0.29, 0.717) is 34.3 Å². The van der Waals surface area contributed by atoms with Gasteiger partial charge in [-0.15, -0.1) is 0 Å². The molecule has 0 atom stereocenters. The van der Waals surface area contributed by atoms with Crippen LogP contribution in [0, 0.1) is 13.8 Å². The summed E-state index contributed by atoms with van der Waals surface area (Å²) in [5, 5.41) is 0.646. The van der Waals surface area contributed by atoms with Gasteiger partial charge in [0.1, 0.15) is 17.9 Å². The first-order valence-electron chi connectivity index (χ1n) is 10.1. The summed E-state index contributed by atoms with van der Waals surface area (Å²) in [5.41, 5.74) is 2.71. The highest BCUT2D eigenvalue weighted by Crippen LogP contribution is 2.33. The van der Waals surface area contributed by atoms with E-state index in [-0.39, 0.29) is 6.61 Å². The number of fused-ring (bicyclic) bond motifs is 1. The number of hydrogen-bond acceptors (Lipinski definition) is 3. The first-order chi connectivity index (χ1) is 15.2. The van der Waals surface area contributed by atoms with Gasteiger partial charge in [-0.05, 0) is 60.4 Å². The average Bonchev–Trinajstić information content (AvgIpc) is 2.75. The number of ether oxygens (including phenoxy) is 1. The minimum absolute atomic E-state index is 0.0466. The van der Waals surface area contributed by atoms with Crippen molar-refractivity contribution in [2.45, 2.75) is 33.1 Å². The van der Waals surface area contributed by atoms with Crippen LogP contribution in [-0.4, -0.2) is 0 Å². The fourth-order valence-corrected chi connectivity index (χ4v) is 3.75. The molecule has 4 rings (SSSR count). The van der Waals surface area contributed by atoms with E-state index in [4.69, 9.17) is 9.15 Å². The Morgan fingerprint density at radius 2 is 1.62 bits per heavy atom. The van der Waals surface area contributed by atoms with Gasteiger partial charge in [-0.25, -0.2) is 4.79 Å². The van der Waals surface area contributed by atoms with Gasteiger partial charge in [0, 0.05) is 12.0 Å². The quantitative estimate of drug-likeness (QED) is 0.330. The molecular formula is C26H21F3O3. The zero-order valence-corrected chi connectivity index (χ0v) is 17.6. The van der Waals surface area contributed by atoms with Crippen LogP contribution in [0.1, 0.15) is 33.4 Å². The molecule has 4 aromatic rings. The second-order valence-corrected chi connectivity index (χ2v) is 7.78. The number of rotatable bonds is 5. The third kappa shape index (κ3) is 4.54. The van der Waals surface area contributed by atoms with Crippen LogP contribution < -0.4 is 10.4 Å². The monoisotopic (exact) mass is 438 g/mol. The van der Waals surface area contributed by atoms with Gasteiger partial charge in [0.05, 0.1) is 10.9 Å². The Kier molecular flexibility index (Phi) is 5.78. The van der Waals surface area contributed by atoms with Crippen molar-refractivity contribution >= 4 is 11.0 Å². The summed E-state index contributed by atoms with van der Waals surface area (Å²) in [5.74, 6) is 0.466. The van der Waals surface area contributed by atoms with Crippen LogP contribution in [0.25, 0.3) is 11.0 Å². The maximum Gasteiger partial charge on any atom is 0.416 e. The van der Waals surface area contributed by atoms with Crippen molar-refractivity contribution in [1.82, 2.24) is 0 Å². The lowest BCUT2D eigenvalue weighted by Gasteiger charge is -2.15. The van der Waals surface area contributed by atoms with Crippen LogP contribution in [0.5, 0.6) is 5.75 Å². The van der Waals surface area contributed by atoms with Crippen LogP contribution in [0.15, 0.2) is 75.9 Å². The van der Waals surface area contributed by atoms with E-state index >= 15 is 0 Å². The van der Waals surface area contributed by atoms with Crippen molar-refractivity contribution in [3.63, 3.8) is 0 Å². The van der Waals surface area contributed by atoms with E-state index in [1.165, 1.54) is 6.07 Å². The number of halogens is 3. The Labute approximate surface area is 183 Å². The molecule has 0 saturated heterocycles. The molecular weight excluding hydrogens is 417 g/mol. The van der Waals surface area contributed by atoms with Crippen LogP contribution in [0.2, 0.25) is 0 Å². The van der Waals surface area contributed by atoms with Crippen molar-refractivity contribution in [3.05, 3.63) is 111 Å². The van der Waals surface area contributed by atoms with Gasteiger partial charge in [-0.3, -0.25) is 0 Å². The van der Waals surface area contributed by atoms with Gasteiger partial charge in [0.25, 0.3) is 0 Å². The maximum atomic E-state index is 13.0. The molecule has 6 heteroatoms. The molecule has 0 N–H and O–H groups in total. The molecule has 0 aliphatic heterocycles. The Morgan fingerprint density at radius 3 is 2.34 bits per heavy atom. The van der Waals surface area contributed by atoms with Gasteiger partial charge in [0.15, 0.2) is 0 Å². The second kappa shape index (κ2) is 8.54. The molecule has 0 unspecified atom stereocenters. The molecule has 0 spiro atoms. The van der Waals surface area contributed by atoms with Crippen LogP contribution >= 0.6 is 0 Å². The van der Waals surface area contributed by atoms with Crippen molar-refractivity contribution < 1.29 is 22.3 Å². The average molecular weight is 438 g/mol. The van der Waals surface area contributed by atoms with E-state index in [1.807, 2.05) is 44.2 Å². The van der Waals surface area contributed by atoms with Gasteiger partial charge < -0.3 is 9.15 Å². The zero-order valence-electron chi connectivity index (χ0n) is 17.6. The van der Waals surface area contributed by atoms with Crippen molar-refractivity contribution in [3.8, 4) is 5.75 Å². The van der Waals surface area contributed by atoms with Crippen molar-refractivity contribution in [2.24, 2.45) is 0 Å². The Bertz CT molecular complexity index is 1320. The number of aryl methyl sites for hydroxylation is 2. The second-order valence-electron chi connectivity index (χ2n) is 7.78. The molecule has 32 heavy (non-hydrogen) atoms. The molecule has 164 valence electrons. The zero-order chi connectivity index (χ0) is 22.9. The van der Waals surface area contributed by atoms with Gasteiger partial charge in [-0.1, -0.05) is 42.5 Å². The number of alkyl halides is 3. The highest BCUT2D eigenvalue weighted by Gasteiger charge is 2.30. The topological polar surface area (TPSA) is 39.4 Å². The lowest BCUT2D eigenvalue weighted by Crippen LogP contribution is -2.11. The molecule has 0 amide bonds. The number of hydrogen-bond donors (Lipinski definition) is 0. The molecule has 1 heterocycles. The maximum absolute atomic E-state index is 13.0. The van der Waals surface area contributed by atoms with E-state index in [1.54, 1.807) is 18.2 Å². The van der Waals surface area contributed by atoms with Crippen LogP contribution in [-0.2, 0) is 19.2 Å². The van der Waals surface area contributed by atoms with Crippen molar-refractivity contribution in [1.29, 1.82) is 0 Å². The molecule has 3 aromatic carbocycles. The summed E-state index contributed by atoms with van der Waals surface area (Å²) >= 11 is 0. The first kappa shape index (κ1) is 21.7. The van der Waals surface area contributed by atoms with E-state index in [2.05, 4.69) is 0 Å². The fraction of sp³-hybridized carbons (Fsp3) is 0.192. The smallest absolute Gasteiger partial charge is 0.416 e. The standard InChI is InChI=1S/C26H21F3O3/c1-16-11-22(31-15-19-9-6-10-20(13-19)26(27,28)29)24-17(2)21(25(30)32-23(24)12-16)14-18-7-4-3-5-8-18/h3-13H,14-15H2,1-2H3. The summed E-state index contributed by atoms with van der Waals surface area (Å²) in [6.45, 7) is 3.63. The fourth-order valence-electron chi connectivity index (χ4n) is 3.75. The van der Waals surface area contributed by atoms with Crippen LogP contribution in [0.4, 0.5) is 13.2 Å². The SMILES string of the molecule is Cc1cc(OCc2cccc(C(F)(F)F)c2)c2c(C)c(Cc3ccccc3)c(=O)oc2c1. The largest absolute Gasteiger partial charge is 0.488 e. The molecule has 1 aromatic heterocycles. The molecule has 0 fully saturated rings. The molecule has 0 radical (unpaired) electrons. The lowest BCUT2D eigenvalue weighted by molar-refractivity contribution is -0.137. The molecule has 0 aliphatic carbocycles. The summed E-state index contributed by atoms with van der Waals surface area (Å²) < 4.78 is 50.6. The Hall–Kier alpha value is -3.54. The third-order valence-electron chi connectivity index (χ3n) is 5.36. The predicted octanol–water partition coefficient (Wildman–Crippen LogP) is 6.60. The van der Waals surface area contributed by atoms with E-state index in [0.717, 1.165) is 28.8 Å². The summed E-state index contributed by atoms with van der Waals surface area (Å²) in [6.07, 6.45) is -4.01. The number of benzene rings is 3. The molecule has 0 bridgehead atoms. The van der Waals surface area contributed by atoms with Crippen LogP contribution in [0.3, 0.4) is 0 Å². The summed E-state index contributed by atoms with van der Waals surface area (Å²) in [4.78, 5) is 12.7. The van der Waals surface area contributed by atoms with Gasteiger partial charge in [0.2, 0.25) is 0 Å². The van der Waals surface area contributed by atoms with E-state index < -0.39 is 17.4 Å². The summed E-state index contributed by atoms with van der Waals surface area (Å²) in [7, 11) is 0. The molecule has 0 aliphatic rings. The summed E-state index contributed by atoms with van der Waals surface area (Å²) in [6, 6.07) is 18.2. The predicted molar refractivity (Wildman–Crippen MR) is 117 cm³/mol. The van der Waals surface area contributed by atoms with Gasteiger partial charge in [-0.2, -0.15) is 13.2 Å². The highest BCUT2D eigenvalue weighted by molar-refractivity contribution is 5.88. The minimum atomic E-state index is -4.42. The Morgan fingerprint density at radius 1 is 0.906 bits per heavy atom. The van der Waals surface area contributed by atoms with E-state index in [9.17, 15) is 18.0 Å². The molecule has 3 nitrogen and oxygen atoms in total. The van der Waals surface area contributed by atoms with Gasteiger partial charge >= 0.3 is 11.8 Å². The minimum Gasteiger partial charge on any atom is -0.488 e. The van der Waals surface area contributed by atoms with Crippen molar-refractivity contribution in [2.75, 3.05) is 0 Å². The molecule has 0 saturated carbocycles. The lowest BCUT2D eigenvalue weighted by atomic mass is 9.98. The highest BCUT2D eigenvalue weighted by atomic mass is 19.4. The Balaban J connectivity index is 1.73. The third-order valence-corrected chi connectivity index (χ3v) is 5.36. The first-order valence-corrected chi connectivity index (χ1v) is 10.1. The normalized spacial score (nSPS) is 11.7.